The Morgan fingerprint density at radius 2 is 1.81 bits per heavy atom. The standard InChI is InChI=1S/C18H15F2N9O2S/c1-11(30)21-12-3-2-4-14(9-12)29-18(23-25-27-29)32-10-16-22-24-26-28(16)13-5-7-15(8-6-13)31-17(19)20/h2-9,17H,10H2,1H3,(H,21,30). The maximum Gasteiger partial charge on any atom is 0.387 e. The van der Waals surface area contributed by atoms with Gasteiger partial charge in [0.05, 0.1) is 17.1 Å². The largest absolute Gasteiger partial charge is 0.435 e. The Morgan fingerprint density at radius 1 is 1.06 bits per heavy atom. The van der Waals surface area contributed by atoms with Crippen LogP contribution < -0.4 is 10.1 Å². The van der Waals surface area contributed by atoms with Crippen LogP contribution in [0.1, 0.15) is 12.7 Å². The summed E-state index contributed by atoms with van der Waals surface area (Å²) in [6.45, 7) is -1.47. The number of ether oxygens (including phenoxy) is 1. The van der Waals surface area contributed by atoms with Crippen molar-refractivity contribution in [3.05, 3.63) is 54.4 Å². The predicted molar refractivity (Wildman–Crippen MR) is 109 cm³/mol. The Bertz CT molecular complexity index is 1210. The van der Waals surface area contributed by atoms with Crippen LogP contribution in [0.3, 0.4) is 0 Å². The first-order chi connectivity index (χ1) is 15.5. The van der Waals surface area contributed by atoms with Crippen molar-refractivity contribution in [2.45, 2.75) is 24.4 Å². The molecule has 0 radical (unpaired) electrons. The number of anilines is 1. The lowest BCUT2D eigenvalue weighted by molar-refractivity contribution is -0.114. The lowest BCUT2D eigenvalue weighted by Crippen LogP contribution is -2.07. The summed E-state index contributed by atoms with van der Waals surface area (Å²) >= 11 is 1.30. The van der Waals surface area contributed by atoms with Crippen LogP contribution >= 0.6 is 11.8 Å². The normalized spacial score (nSPS) is 11.0. The van der Waals surface area contributed by atoms with Gasteiger partial charge in [-0.15, -0.1) is 10.2 Å². The zero-order chi connectivity index (χ0) is 22.5. The maximum atomic E-state index is 12.3. The molecule has 0 fully saturated rings. The number of alkyl halides is 2. The molecule has 0 atom stereocenters. The van der Waals surface area contributed by atoms with Gasteiger partial charge in [-0.3, -0.25) is 4.79 Å². The van der Waals surface area contributed by atoms with Crippen LogP contribution in [-0.2, 0) is 10.5 Å². The van der Waals surface area contributed by atoms with Gasteiger partial charge < -0.3 is 10.1 Å². The van der Waals surface area contributed by atoms with Gasteiger partial charge in [-0.1, -0.05) is 17.8 Å². The Kier molecular flexibility index (Phi) is 6.30. The van der Waals surface area contributed by atoms with E-state index in [1.165, 1.54) is 40.2 Å². The molecule has 2 aromatic heterocycles. The number of carbonyl (C=O) groups is 1. The Hall–Kier alpha value is -3.94. The molecule has 4 aromatic rings. The molecule has 2 aromatic carbocycles. The first-order valence-corrected chi connectivity index (χ1v) is 10.1. The maximum absolute atomic E-state index is 12.3. The summed E-state index contributed by atoms with van der Waals surface area (Å²) in [7, 11) is 0. The zero-order valence-corrected chi connectivity index (χ0v) is 17.3. The van der Waals surface area contributed by atoms with Crippen molar-refractivity contribution in [2.75, 3.05) is 5.32 Å². The molecule has 2 heterocycles. The van der Waals surface area contributed by atoms with Crippen LogP contribution in [0.4, 0.5) is 14.5 Å². The summed E-state index contributed by atoms with van der Waals surface area (Å²) in [5, 5.41) is 26.6. The first kappa shape index (κ1) is 21.3. The summed E-state index contributed by atoms with van der Waals surface area (Å²) in [6, 6.07) is 13.0. The Morgan fingerprint density at radius 3 is 2.56 bits per heavy atom. The van der Waals surface area contributed by atoms with Crippen molar-refractivity contribution in [2.24, 2.45) is 0 Å². The third-order valence-corrected chi connectivity index (χ3v) is 4.94. The van der Waals surface area contributed by atoms with Crippen molar-refractivity contribution in [3.8, 4) is 17.1 Å². The molecule has 1 amide bonds. The molecule has 1 N–H and O–H groups in total. The number of amides is 1. The van der Waals surface area contributed by atoms with E-state index in [0.717, 1.165) is 0 Å². The number of thioether (sulfide) groups is 1. The highest BCUT2D eigenvalue weighted by Gasteiger charge is 2.14. The van der Waals surface area contributed by atoms with Gasteiger partial charge in [-0.05, 0) is 63.3 Å². The van der Waals surface area contributed by atoms with E-state index < -0.39 is 6.61 Å². The van der Waals surface area contributed by atoms with E-state index in [9.17, 15) is 13.6 Å². The number of rotatable bonds is 8. The van der Waals surface area contributed by atoms with Gasteiger partial charge in [-0.25, -0.2) is 0 Å². The topological polar surface area (TPSA) is 126 Å². The van der Waals surface area contributed by atoms with E-state index in [4.69, 9.17) is 0 Å². The molecule has 0 spiro atoms. The molecule has 0 aliphatic carbocycles. The summed E-state index contributed by atoms with van der Waals surface area (Å²) in [4.78, 5) is 11.3. The highest BCUT2D eigenvalue weighted by Crippen LogP contribution is 2.24. The number of hydrogen-bond acceptors (Lipinski definition) is 9. The minimum atomic E-state index is -2.90. The molecular weight excluding hydrogens is 444 g/mol. The SMILES string of the molecule is CC(=O)Nc1cccc(-n2nnnc2SCc2nnnn2-c2ccc(OC(F)F)cc2)c1. The lowest BCUT2D eigenvalue weighted by atomic mass is 10.3. The van der Waals surface area contributed by atoms with Crippen molar-refractivity contribution >= 4 is 23.4 Å². The van der Waals surface area contributed by atoms with Crippen molar-refractivity contribution in [1.82, 2.24) is 40.4 Å². The fourth-order valence-corrected chi connectivity index (χ4v) is 3.54. The summed E-state index contributed by atoms with van der Waals surface area (Å²) < 4.78 is 32.0. The number of benzene rings is 2. The zero-order valence-electron chi connectivity index (χ0n) is 16.5. The van der Waals surface area contributed by atoms with E-state index in [1.54, 1.807) is 36.4 Å². The second-order valence-electron chi connectivity index (χ2n) is 6.27. The number of halogens is 2. The summed E-state index contributed by atoms with van der Waals surface area (Å²) in [6.07, 6.45) is 0. The molecule has 0 bridgehead atoms. The monoisotopic (exact) mass is 459 g/mol. The van der Waals surface area contributed by atoms with Crippen molar-refractivity contribution in [1.29, 1.82) is 0 Å². The van der Waals surface area contributed by atoms with Crippen LogP contribution in [0.2, 0.25) is 0 Å². The molecule has 0 aliphatic rings. The molecule has 14 heteroatoms. The second-order valence-corrected chi connectivity index (χ2v) is 7.22. The fraction of sp³-hybridized carbons (Fsp3) is 0.167. The molecular formula is C18H15F2N9O2S. The van der Waals surface area contributed by atoms with Gasteiger partial charge in [0.2, 0.25) is 11.1 Å². The van der Waals surface area contributed by atoms with Gasteiger partial charge in [0, 0.05) is 12.6 Å². The number of nitrogens with zero attached hydrogens (tertiary/aromatic N) is 8. The number of aromatic nitrogens is 8. The predicted octanol–water partition coefficient (Wildman–Crippen LogP) is 2.49. The summed E-state index contributed by atoms with van der Waals surface area (Å²) in [5.41, 5.74) is 1.86. The Balaban J connectivity index is 1.49. The van der Waals surface area contributed by atoms with Gasteiger partial charge >= 0.3 is 6.61 Å². The van der Waals surface area contributed by atoms with Crippen LogP contribution in [-0.4, -0.2) is 52.9 Å². The average molecular weight is 459 g/mol. The van der Waals surface area contributed by atoms with Crippen LogP contribution in [0.15, 0.2) is 53.7 Å². The minimum Gasteiger partial charge on any atom is -0.435 e. The smallest absolute Gasteiger partial charge is 0.387 e. The van der Waals surface area contributed by atoms with Crippen LogP contribution in [0.25, 0.3) is 11.4 Å². The van der Waals surface area contributed by atoms with Gasteiger partial charge in [-0.2, -0.15) is 18.1 Å². The van der Waals surface area contributed by atoms with Gasteiger partial charge in [0.25, 0.3) is 0 Å². The van der Waals surface area contributed by atoms with Gasteiger partial charge in [0.1, 0.15) is 5.75 Å². The fourth-order valence-electron chi connectivity index (χ4n) is 2.74. The Labute approximate surface area is 183 Å². The highest BCUT2D eigenvalue weighted by atomic mass is 32.2. The molecule has 0 saturated carbocycles. The summed E-state index contributed by atoms with van der Waals surface area (Å²) in [5.74, 6) is 0.676. The number of hydrogen-bond donors (Lipinski definition) is 1. The lowest BCUT2D eigenvalue weighted by Gasteiger charge is -2.08. The first-order valence-electron chi connectivity index (χ1n) is 9.11. The third-order valence-electron chi connectivity index (χ3n) is 4.02. The molecule has 164 valence electrons. The quantitative estimate of drug-likeness (QED) is 0.396. The average Bonchev–Trinajstić information content (AvgIpc) is 3.41. The third kappa shape index (κ3) is 5.03. The molecule has 32 heavy (non-hydrogen) atoms. The van der Waals surface area contributed by atoms with Crippen molar-refractivity contribution in [3.63, 3.8) is 0 Å². The van der Waals surface area contributed by atoms with E-state index >= 15 is 0 Å². The molecule has 0 aliphatic heterocycles. The molecule has 11 nitrogen and oxygen atoms in total. The van der Waals surface area contributed by atoms with E-state index in [0.29, 0.717) is 33.8 Å². The minimum absolute atomic E-state index is 0.0356. The number of carbonyl (C=O) groups excluding carboxylic acids is 1. The van der Waals surface area contributed by atoms with E-state index in [-0.39, 0.29) is 11.7 Å². The highest BCUT2D eigenvalue weighted by molar-refractivity contribution is 7.98. The molecule has 0 unspecified atom stereocenters. The van der Waals surface area contributed by atoms with Crippen molar-refractivity contribution < 1.29 is 18.3 Å². The van der Waals surface area contributed by atoms with Gasteiger partial charge in [0.15, 0.2) is 5.82 Å². The van der Waals surface area contributed by atoms with E-state index in [1.807, 2.05) is 0 Å². The van der Waals surface area contributed by atoms with E-state index in [2.05, 4.69) is 41.1 Å². The number of nitrogens with one attached hydrogen (secondary N) is 1. The molecule has 4 rings (SSSR count). The van der Waals surface area contributed by atoms with Crippen LogP contribution in [0.5, 0.6) is 5.75 Å². The number of tetrazole rings is 2. The molecule has 0 saturated heterocycles. The van der Waals surface area contributed by atoms with Crippen LogP contribution in [0, 0.1) is 0 Å². The second kappa shape index (κ2) is 9.47.